The molecule has 0 aliphatic rings. The van der Waals surface area contributed by atoms with Gasteiger partial charge in [-0.05, 0) is 12.1 Å². The second-order valence-electron chi connectivity index (χ2n) is 4.60. The number of hydrogen-bond donors (Lipinski definition) is 3. The van der Waals surface area contributed by atoms with Gasteiger partial charge in [0.15, 0.2) is 0 Å². The molecule has 0 aromatic heterocycles. The summed E-state index contributed by atoms with van der Waals surface area (Å²) in [6.07, 6.45) is 0. The lowest BCUT2D eigenvalue weighted by atomic mass is 10.2. The highest BCUT2D eigenvalue weighted by Gasteiger charge is 2.13. The molecule has 0 radical (unpaired) electrons. The van der Waals surface area contributed by atoms with Crippen molar-refractivity contribution < 1.29 is 19.1 Å². The van der Waals surface area contributed by atoms with Crippen LogP contribution in [0.4, 0.5) is 16.2 Å². The van der Waals surface area contributed by atoms with Gasteiger partial charge in [0.25, 0.3) is 5.91 Å². The predicted molar refractivity (Wildman–Crippen MR) is 86.9 cm³/mol. The van der Waals surface area contributed by atoms with Gasteiger partial charge in [-0.15, -0.1) is 0 Å². The lowest BCUT2D eigenvalue weighted by Crippen LogP contribution is -2.34. The van der Waals surface area contributed by atoms with E-state index in [2.05, 4.69) is 10.6 Å². The first kappa shape index (κ1) is 16.2. The maximum absolute atomic E-state index is 12.0. The minimum Gasteiger partial charge on any atom is -0.497 e. The van der Waals surface area contributed by atoms with Crippen LogP contribution in [0.2, 0.25) is 0 Å². The molecule has 0 saturated heterocycles. The van der Waals surface area contributed by atoms with E-state index >= 15 is 0 Å². The number of methoxy groups -OCH3 is 2. The monoisotopic (exact) mass is 315 g/mol. The Kier molecular flexibility index (Phi) is 5.03. The van der Waals surface area contributed by atoms with Crippen molar-refractivity contribution in [3.63, 3.8) is 0 Å². The first-order valence-electron chi connectivity index (χ1n) is 6.73. The van der Waals surface area contributed by atoms with Crippen molar-refractivity contribution in [3.05, 3.63) is 48.0 Å². The van der Waals surface area contributed by atoms with E-state index in [1.54, 1.807) is 36.4 Å². The van der Waals surface area contributed by atoms with Crippen molar-refractivity contribution >= 4 is 23.3 Å². The standard InChI is InChI=1S/C16H17N3O4/c1-22-11-7-10(8-12(9-11)23-2)18-16(21)19-15(20)13-5-3-4-6-14(13)17/h3-9H,17H2,1-2H3,(H2,18,19,20,21). The predicted octanol–water partition coefficient (Wildman–Crippen LogP) is 2.25. The number of carbonyl (C=O) groups is 2. The van der Waals surface area contributed by atoms with Gasteiger partial charge in [-0.3, -0.25) is 10.1 Å². The molecule has 23 heavy (non-hydrogen) atoms. The molecule has 0 spiro atoms. The van der Waals surface area contributed by atoms with Crippen LogP contribution in [-0.4, -0.2) is 26.2 Å². The van der Waals surface area contributed by atoms with Crippen LogP contribution in [0, 0.1) is 0 Å². The molecular formula is C16H17N3O4. The van der Waals surface area contributed by atoms with Gasteiger partial charge in [0.05, 0.1) is 19.8 Å². The van der Waals surface area contributed by atoms with E-state index in [4.69, 9.17) is 15.2 Å². The molecule has 0 aliphatic heterocycles. The highest BCUT2D eigenvalue weighted by Crippen LogP contribution is 2.25. The summed E-state index contributed by atoms with van der Waals surface area (Å²) in [6, 6.07) is 10.7. The number of para-hydroxylation sites is 1. The molecule has 3 amide bonds. The summed E-state index contributed by atoms with van der Waals surface area (Å²) < 4.78 is 10.2. The lowest BCUT2D eigenvalue weighted by molar-refractivity contribution is 0.0968. The first-order chi connectivity index (χ1) is 11.0. The number of anilines is 2. The van der Waals surface area contributed by atoms with E-state index in [9.17, 15) is 9.59 Å². The van der Waals surface area contributed by atoms with Crippen molar-refractivity contribution in [2.75, 3.05) is 25.3 Å². The molecule has 0 atom stereocenters. The van der Waals surface area contributed by atoms with Crippen molar-refractivity contribution in [2.45, 2.75) is 0 Å². The number of ether oxygens (including phenoxy) is 2. The summed E-state index contributed by atoms with van der Waals surface area (Å²) in [5.41, 5.74) is 6.64. The molecule has 0 saturated carbocycles. The Morgan fingerprint density at radius 2 is 1.61 bits per heavy atom. The zero-order valence-electron chi connectivity index (χ0n) is 12.8. The van der Waals surface area contributed by atoms with E-state index < -0.39 is 11.9 Å². The molecule has 0 aliphatic carbocycles. The van der Waals surface area contributed by atoms with Crippen LogP contribution in [0.3, 0.4) is 0 Å². The number of nitrogens with two attached hydrogens (primary N) is 1. The Hall–Kier alpha value is -3.22. The number of benzene rings is 2. The third-order valence-electron chi connectivity index (χ3n) is 3.04. The van der Waals surface area contributed by atoms with Crippen LogP contribution in [0.15, 0.2) is 42.5 Å². The number of urea groups is 1. The maximum atomic E-state index is 12.0. The maximum Gasteiger partial charge on any atom is 0.326 e. The van der Waals surface area contributed by atoms with Crippen molar-refractivity contribution in [3.8, 4) is 11.5 Å². The summed E-state index contributed by atoms with van der Waals surface area (Å²) in [5, 5.41) is 4.75. The Balaban J connectivity index is 2.08. The number of nitrogens with one attached hydrogen (secondary N) is 2. The second kappa shape index (κ2) is 7.17. The Morgan fingerprint density at radius 1 is 1.00 bits per heavy atom. The lowest BCUT2D eigenvalue weighted by Gasteiger charge is -2.11. The van der Waals surface area contributed by atoms with Gasteiger partial charge < -0.3 is 20.5 Å². The quantitative estimate of drug-likeness (QED) is 0.751. The molecule has 4 N–H and O–H groups in total. The van der Waals surface area contributed by atoms with Gasteiger partial charge in [0, 0.05) is 29.6 Å². The van der Waals surface area contributed by atoms with Crippen LogP contribution in [0.25, 0.3) is 0 Å². The van der Waals surface area contributed by atoms with E-state index in [1.165, 1.54) is 20.3 Å². The molecular weight excluding hydrogens is 298 g/mol. The minimum absolute atomic E-state index is 0.228. The molecule has 2 aromatic rings. The smallest absolute Gasteiger partial charge is 0.326 e. The topological polar surface area (TPSA) is 103 Å². The third-order valence-corrected chi connectivity index (χ3v) is 3.04. The van der Waals surface area contributed by atoms with Gasteiger partial charge >= 0.3 is 6.03 Å². The van der Waals surface area contributed by atoms with Crippen LogP contribution < -0.4 is 25.8 Å². The fraction of sp³-hybridized carbons (Fsp3) is 0.125. The van der Waals surface area contributed by atoms with Gasteiger partial charge in [-0.25, -0.2) is 4.79 Å². The van der Waals surface area contributed by atoms with Crippen LogP contribution in [0.5, 0.6) is 11.5 Å². The molecule has 0 bridgehead atoms. The summed E-state index contributed by atoms with van der Waals surface area (Å²) in [6.45, 7) is 0. The summed E-state index contributed by atoms with van der Waals surface area (Å²) in [7, 11) is 3.00. The number of rotatable bonds is 4. The Bertz CT molecular complexity index is 709. The molecule has 0 fully saturated rings. The summed E-state index contributed by atoms with van der Waals surface area (Å²) in [4.78, 5) is 24.0. The molecule has 0 heterocycles. The number of hydrogen-bond acceptors (Lipinski definition) is 5. The third kappa shape index (κ3) is 4.13. The van der Waals surface area contributed by atoms with Crippen LogP contribution >= 0.6 is 0 Å². The average Bonchev–Trinajstić information content (AvgIpc) is 2.54. The number of carbonyl (C=O) groups excluding carboxylic acids is 2. The van der Waals surface area contributed by atoms with Gasteiger partial charge in [0.2, 0.25) is 0 Å². The van der Waals surface area contributed by atoms with Crippen LogP contribution in [-0.2, 0) is 0 Å². The summed E-state index contributed by atoms with van der Waals surface area (Å²) >= 11 is 0. The van der Waals surface area contributed by atoms with E-state index in [0.717, 1.165) is 0 Å². The van der Waals surface area contributed by atoms with Gasteiger partial charge in [-0.1, -0.05) is 12.1 Å². The fourth-order valence-corrected chi connectivity index (χ4v) is 1.92. The van der Waals surface area contributed by atoms with Crippen LogP contribution in [0.1, 0.15) is 10.4 Å². The second-order valence-corrected chi connectivity index (χ2v) is 4.60. The molecule has 0 unspecified atom stereocenters. The van der Waals surface area contributed by atoms with Crippen molar-refractivity contribution in [2.24, 2.45) is 0 Å². The Labute approximate surface area is 133 Å². The molecule has 7 nitrogen and oxygen atoms in total. The number of amides is 3. The molecule has 7 heteroatoms. The van der Waals surface area contributed by atoms with E-state index in [1.807, 2.05) is 0 Å². The minimum atomic E-state index is -0.687. The largest absolute Gasteiger partial charge is 0.497 e. The molecule has 120 valence electrons. The zero-order valence-corrected chi connectivity index (χ0v) is 12.8. The van der Waals surface area contributed by atoms with E-state index in [-0.39, 0.29) is 5.56 Å². The van der Waals surface area contributed by atoms with Gasteiger partial charge in [-0.2, -0.15) is 0 Å². The average molecular weight is 315 g/mol. The fourth-order valence-electron chi connectivity index (χ4n) is 1.92. The highest BCUT2D eigenvalue weighted by atomic mass is 16.5. The normalized spacial score (nSPS) is 9.83. The Morgan fingerprint density at radius 3 is 2.17 bits per heavy atom. The first-order valence-corrected chi connectivity index (χ1v) is 6.73. The molecule has 2 aromatic carbocycles. The molecule has 2 rings (SSSR count). The summed E-state index contributed by atoms with van der Waals surface area (Å²) in [5.74, 6) is 0.437. The van der Waals surface area contributed by atoms with E-state index in [0.29, 0.717) is 22.9 Å². The zero-order chi connectivity index (χ0) is 16.8. The van der Waals surface area contributed by atoms with Gasteiger partial charge in [0.1, 0.15) is 11.5 Å². The highest BCUT2D eigenvalue weighted by molar-refractivity contribution is 6.10. The SMILES string of the molecule is COc1cc(NC(=O)NC(=O)c2ccccc2N)cc(OC)c1. The van der Waals surface area contributed by atoms with Crippen molar-refractivity contribution in [1.82, 2.24) is 5.32 Å². The number of imide groups is 1. The number of nitrogen functional groups attached to an aromatic ring is 1. The van der Waals surface area contributed by atoms with Crippen molar-refractivity contribution in [1.29, 1.82) is 0 Å².